The number of hydrogen-bond acceptors (Lipinski definition) is 3. The molecule has 19 heavy (non-hydrogen) atoms. The van der Waals surface area contributed by atoms with Crippen LogP contribution in [0.3, 0.4) is 0 Å². The zero-order valence-corrected chi connectivity index (χ0v) is 11.2. The molecule has 1 aromatic heterocycles. The molecule has 0 unspecified atom stereocenters. The van der Waals surface area contributed by atoms with Crippen LogP contribution in [0, 0.1) is 6.92 Å². The second kappa shape index (κ2) is 4.76. The Bertz CT molecular complexity index is 724. The third kappa shape index (κ3) is 2.31. The molecule has 0 fully saturated rings. The quantitative estimate of drug-likeness (QED) is 0.864. The SMILES string of the molecule is Cc1ccc(Cc2c(O)n(C)c(=O)n(C)c2=O)cc1. The van der Waals surface area contributed by atoms with Crippen LogP contribution in [0.2, 0.25) is 0 Å². The van der Waals surface area contributed by atoms with Crippen molar-refractivity contribution in [3.05, 3.63) is 61.8 Å². The maximum absolute atomic E-state index is 12.0. The van der Waals surface area contributed by atoms with Gasteiger partial charge in [0.15, 0.2) is 0 Å². The summed E-state index contributed by atoms with van der Waals surface area (Å²) in [5.74, 6) is -0.270. The lowest BCUT2D eigenvalue weighted by atomic mass is 10.1. The second-order valence-corrected chi connectivity index (χ2v) is 4.67. The third-order valence-electron chi connectivity index (χ3n) is 3.23. The fourth-order valence-corrected chi connectivity index (χ4v) is 1.97. The molecule has 0 aliphatic heterocycles. The normalized spacial score (nSPS) is 10.7. The van der Waals surface area contributed by atoms with Crippen LogP contribution in [-0.2, 0) is 20.5 Å². The van der Waals surface area contributed by atoms with Crippen molar-refractivity contribution in [2.45, 2.75) is 13.3 Å². The molecule has 1 N–H and O–H groups in total. The Morgan fingerprint density at radius 2 is 1.63 bits per heavy atom. The second-order valence-electron chi connectivity index (χ2n) is 4.67. The van der Waals surface area contributed by atoms with Crippen LogP contribution in [0.1, 0.15) is 16.7 Å². The Morgan fingerprint density at radius 3 is 2.21 bits per heavy atom. The van der Waals surface area contributed by atoms with Crippen molar-refractivity contribution >= 4 is 0 Å². The van der Waals surface area contributed by atoms with E-state index in [4.69, 9.17) is 0 Å². The van der Waals surface area contributed by atoms with Crippen molar-refractivity contribution in [1.29, 1.82) is 0 Å². The summed E-state index contributed by atoms with van der Waals surface area (Å²) in [5, 5.41) is 9.95. The lowest BCUT2D eigenvalue weighted by molar-refractivity contribution is 0.404. The van der Waals surface area contributed by atoms with Gasteiger partial charge in [0.25, 0.3) is 5.56 Å². The zero-order valence-electron chi connectivity index (χ0n) is 11.2. The van der Waals surface area contributed by atoms with Crippen LogP contribution in [0.5, 0.6) is 5.88 Å². The molecule has 2 rings (SSSR count). The Labute approximate surface area is 110 Å². The highest BCUT2D eigenvalue weighted by atomic mass is 16.3. The van der Waals surface area contributed by atoms with Crippen molar-refractivity contribution in [3.63, 3.8) is 0 Å². The summed E-state index contributed by atoms with van der Waals surface area (Å²) in [6.07, 6.45) is 0.299. The Balaban J connectivity index is 2.55. The number of nitrogens with zero attached hydrogens (tertiary/aromatic N) is 2. The van der Waals surface area contributed by atoms with Crippen LogP contribution in [0.25, 0.3) is 0 Å². The molecular formula is C14H16N2O3. The maximum Gasteiger partial charge on any atom is 0.333 e. The van der Waals surface area contributed by atoms with E-state index in [1.165, 1.54) is 14.1 Å². The van der Waals surface area contributed by atoms with E-state index in [-0.39, 0.29) is 11.4 Å². The topological polar surface area (TPSA) is 64.2 Å². The van der Waals surface area contributed by atoms with Crippen LogP contribution >= 0.6 is 0 Å². The van der Waals surface area contributed by atoms with E-state index in [0.717, 1.165) is 20.3 Å². The first-order chi connectivity index (χ1) is 8.91. The first kappa shape index (κ1) is 13.1. The molecular weight excluding hydrogens is 244 g/mol. The van der Waals surface area contributed by atoms with E-state index in [1.807, 2.05) is 31.2 Å². The molecule has 1 heterocycles. The summed E-state index contributed by atoms with van der Waals surface area (Å²) in [5.41, 5.74) is 1.28. The van der Waals surface area contributed by atoms with Gasteiger partial charge in [0.05, 0.1) is 5.56 Å². The maximum atomic E-state index is 12.0. The molecule has 0 aliphatic carbocycles. The predicted octanol–water partition coefficient (Wildman–Crippen LogP) is 0.689. The molecule has 0 spiro atoms. The number of aromatic hydroxyl groups is 1. The summed E-state index contributed by atoms with van der Waals surface area (Å²) < 4.78 is 2.08. The fraction of sp³-hybridized carbons (Fsp3) is 0.286. The van der Waals surface area contributed by atoms with Crippen molar-refractivity contribution in [2.24, 2.45) is 14.1 Å². The number of benzene rings is 1. The average Bonchev–Trinajstić information content (AvgIpc) is 2.41. The van der Waals surface area contributed by atoms with E-state index in [1.54, 1.807) is 0 Å². The van der Waals surface area contributed by atoms with Gasteiger partial charge < -0.3 is 5.11 Å². The lowest BCUT2D eigenvalue weighted by Gasteiger charge is -2.10. The van der Waals surface area contributed by atoms with Crippen LogP contribution in [-0.4, -0.2) is 14.2 Å². The smallest absolute Gasteiger partial charge is 0.333 e. The van der Waals surface area contributed by atoms with Gasteiger partial charge in [0.2, 0.25) is 5.88 Å². The number of rotatable bonds is 2. The van der Waals surface area contributed by atoms with E-state index in [0.29, 0.717) is 6.42 Å². The number of hydrogen-bond donors (Lipinski definition) is 1. The van der Waals surface area contributed by atoms with E-state index in [9.17, 15) is 14.7 Å². The fourth-order valence-electron chi connectivity index (χ4n) is 1.97. The molecule has 0 saturated carbocycles. The average molecular weight is 260 g/mol. The van der Waals surface area contributed by atoms with Gasteiger partial charge in [-0.2, -0.15) is 0 Å². The van der Waals surface area contributed by atoms with E-state index >= 15 is 0 Å². The third-order valence-corrected chi connectivity index (χ3v) is 3.23. The highest BCUT2D eigenvalue weighted by Crippen LogP contribution is 2.14. The summed E-state index contributed by atoms with van der Waals surface area (Å²) in [6, 6.07) is 7.69. The molecule has 1 aromatic carbocycles. The van der Waals surface area contributed by atoms with Gasteiger partial charge in [-0.05, 0) is 12.5 Å². The lowest BCUT2D eigenvalue weighted by Crippen LogP contribution is -2.38. The summed E-state index contributed by atoms with van der Waals surface area (Å²) >= 11 is 0. The molecule has 0 aliphatic rings. The minimum absolute atomic E-state index is 0.230. The highest BCUT2D eigenvalue weighted by molar-refractivity contribution is 5.31. The van der Waals surface area contributed by atoms with Crippen molar-refractivity contribution in [3.8, 4) is 5.88 Å². The molecule has 0 amide bonds. The van der Waals surface area contributed by atoms with Gasteiger partial charge in [0.1, 0.15) is 0 Å². The predicted molar refractivity (Wildman–Crippen MR) is 72.6 cm³/mol. The van der Waals surface area contributed by atoms with Gasteiger partial charge in [-0.15, -0.1) is 0 Å². The van der Waals surface area contributed by atoms with Gasteiger partial charge in [0, 0.05) is 20.5 Å². The number of aryl methyl sites for hydroxylation is 1. The Hall–Kier alpha value is -2.30. The first-order valence-electron chi connectivity index (χ1n) is 5.95. The molecule has 0 saturated heterocycles. The molecule has 0 radical (unpaired) electrons. The molecule has 5 nitrogen and oxygen atoms in total. The first-order valence-corrected chi connectivity index (χ1v) is 5.95. The van der Waals surface area contributed by atoms with Gasteiger partial charge >= 0.3 is 5.69 Å². The van der Waals surface area contributed by atoms with Crippen molar-refractivity contribution in [1.82, 2.24) is 9.13 Å². The summed E-state index contributed by atoms with van der Waals surface area (Å²) in [4.78, 5) is 23.6. The van der Waals surface area contributed by atoms with Crippen LogP contribution in [0.15, 0.2) is 33.9 Å². The summed E-state index contributed by atoms with van der Waals surface area (Å²) in [6.45, 7) is 1.98. The van der Waals surface area contributed by atoms with E-state index < -0.39 is 11.2 Å². The van der Waals surface area contributed by atoms with Gasteiger partial charge in [-0.1, -0.05) is 29.8 Å². The monoisotopic (exact) mass is 260 g/mol. The molecule has 5 heteroatoms. The number of aromatic nitrogens is 2. The molecule has 0 atom stereocenters. The highest BCUT2D eigenvalue weighted by Gasteiger charge is 2.14. The minimum atomic E-state index is -0.532. The van der Waals surface area contributed by atoms with Gasteiger partial charge in [-0.25, -0.2) is 4.79 Å². The molecule has 100 valence electrons. The molecule has 2 aromatic rings. The van der Waals surface area contributed by atoms with Crippen molar-refractivity contribution in [2.75, 3.05) is 0 Å². The molecule has 0 bridgehead atoms. The van der Waals surface area contributed by atoms with Crippen LogP contribution in [0.4, 0.5) is 0 Å². The van der Waals surface area contributed by atoms with Gasteiger partial charge in [-0.3, -0.25) is 13.9 Å². The minimum Gasteiger partial charge on any atom is -0.494 e. The summed E-state index contributed by atoms with van der Waals surface area (Å²) in [7, 11) is 2.85. The van der Waals surface area contributed by atoms with Crippen LogP contribution < -0.4 is 11.2 Å². The van der Waals surface area contributed by atoms with Crippen molar-refractivity contribution < 1.29 is 5.11 Å². The Morgan fingerprint density at radius 1 is 1.05 bits per heavy atom. The van der Waals surface area contributed by atoms with E-state index in [2.05, 4.69) is 0 Å². The largest absolute Gasteiger partial charge is 0.494 e. The Kier molecular flexibility index (Phi) is 3.29. The standard InChI is InChI=1S/C14H16N2O3/c1-9-4-6-10(7-5-9)8-11-12(17)15(2)14(19)16(3)13(11)18/h4-7,17H,8H2,1-3H3. The zero-order chi connectivity index (χ0) is 14.2.